The SMILES string of the molecule is COc1ccccc1-c1nccc(COc2ccccc2C[C@@H](Oc2nsc3cnc(-c4ccccc4F)c(-c4ccc(OCCN5CCN(C)CC5)c(Cl)c4C)c23)C(=O)O)n1. The predicted molar refractivity (Wildman–Crippen MR) is 238 cm³/mol. The number of nitrogens with zero attached hydrogens (tertiary/aromatic N) is 6. The summed E-state index contributed by atoms with van der Waals surface area (Å²) in [6.07, 6.45) is 1.80. The lowest BCUT2D eigenvalue weighted by Gasteiger charge is -2.32. The van der Waals surface area contributed by atoms with E-state index < -0.39 is 17.9 Å². The summed E-state index contributed by atoms with van der Waals surface area (Å²) in [7, 11) is 3.72. The Balaban J connectivity index is 1.09. The van der Waals surface area contributed by atoms with Gasteiger partial charge in [0.25, 0.3) is 0 Å². The molecule has 1 aliphatic heterocycles. The van der Waals surface area contributed by atoms with Crippen LogP contribution < -0.4 is 18.9 Å². The first-order valence-electron chi connectivity index (χ1n) is 20.1. The van der Waals surface area contributed by atoms with Gasteiger partial charge in [0.2, 0.25) is 12.0 Å². The standard InChI is InChI=1S/C47H44ClFN6O6S/c1-29-32(16-17-38(43(29)48)59-25-24-55-22-20-54(2)21-23-55)41-42-40(27-51-44(41)33-11-5-7-13-35(33)49)62-53-46(42)61-39(47(56)57)26-30-10-4-8-14-36(30)60-28-31-18-19-50-45(52-31)34-12-6-9-15-37(34)58-3/h4-19,27,39H,20-26,28H2,1-3H3,(H,56,57)/t39-/m1/s1. The number of fused-ring (bicyclic) bond motifs is 1. The molecular weight excluding hydrogens is 831 g/mol. The number of hydrogen-bond acceptors (Lipinski definition) is 12. The number of aliphatic carboxylic acids is 1. The zero-order chi connectivity index (χ0) is 43.2. The Morgan fingerprint density at radius 3 is 2.40 bits per heavy atom. The minimum atomic E-state index is -1.39. The van der Waals surface area contributed by atoms with E-state index >= 15 is 4.39 Å². The van der Waals surface area contributed by atoms with Crippen LogP contribution in [0, 0.1) is 12.7 Å². The molecule has 4 heterocycles. The number of hydrogen-bond donors (Lipinski definition) is 1. The Hall–Kier alpha value is -6.19. The first-order valence-corrected chi connectivity index (χ1v) is 21.3. The topological polar surface area (TPSA) is 132 Å². The molecule has 1 saturated heterocycles. The highest BCUT2D eigenvalue weighted by Gasteiger charge is 2.28. The van der Waals surface area contributed by atoms with E-state index in [9.17, 15) is 9.90 Å². The van der Waals surface area contributed by atoms with Gasteiger partial charge in [-0.25, -0.2) is 19.2 Å². The van der Waals surface area contributed by atoms with Crippen molar-refractivity contribution < 1.29 is 33.2 Å². The van der Waals surface area contributed by atoms with Gasteiger partial charge in [-0.05, 0) is 84.7 Å². The van der Waals surface area contributed by atoms with Crippen LogP contribution in [0.3, 0.4) is 0 Å². The summed E-state index contributed by atoms with van der Waals surface area (Å²) < 4.78 is 45.1. The highest BCUT2D eigenvalue weighted by atomic mass is 35.5. The largest absolute Gasteiger partial charge is 0.496 e. The number of likely N-dealkylation sites (N-methyl/N-ethyl adjacent to an activating group) is 1. The number of aromatic nitrogens is 4. The van der Waals surface area contributed by atoms with Crippen LogP contribution in [-0.2, 0) is 17.8 Å². The van der Waals surface area contributed by atoms with Gasteiger partial charge in [0, 0.05) is 62.7 Å². The van der Waals surface area contributed by atoms with Gasteiger partial charge in [0.05, 0.1) is 39.2 Å². The zero-order valence-electron chi connectivity index (χ0n) is 34.4. The molecule has 8 rings (SSSR count). The van der Waals surface area contributed by atoms with Gasteiger partial charge in [-0.15, -0.1) is 0 Å². The molecule has 0 aliphatic carbocycles. The first kappa shape index (κ1) is 42.5. The molecule has 12 nitrogen and oxygen atoms in total. The van der Waals surface area contributed by atoms with Gasteiger partial charge < -0.3 is 29.0 Å². The van der Waals surface area contributed by atoms with E-state index in [1.807, 2.05) is 43.3 Å². The molecule has 0 spiro atoms. The third-order valence-corrected chi connectivity index (χ3v) is 12.1. The second-order valence-electron chi connectivity index (χ2n) is 14.8. The van der Waals surface area contributed by atoms with Crippen LogP contribution in [0.5, 0.6) is 23.1 Å². The predicted octanol–water partition coefficient (Wildman–Crippen LogP) is 8.87. The van der Waals surface area contributed by atoms with Crippen molar-refractivity contribution in [3.63, 3.8) is 0 Å². The lowest BCUT2D eigenvalue weighted by Crippen LogP contribution is -2.45. The molecule has 0 radical (unpaired) electrons. The first-order chi connectivity index (χ1) is 30.2. The molecule has 62 heavy (non-hydrogen) atoms. The number of halogens is 2. The molecule has 15 heteroatoms. The number of rotatable bonds is 16. The average molecular weight is 875 g/mol. The fourth-order valence-electron chi connectivity index (χ4n) is 7.42. The van der Waals surface area contributed by atoms with Crippen LogP contribution in [-0.4, -0.2) is 99.8 Å². The van der Waals surface area contributed by atoms with Gasteiger partial charge in [-0.1, -0.05) is 60.1 Å². The summed E-state index contributed by atoms with van der Waals surface area (Å²) in [5.41, 5.74) is 4.35. The molecule has 318 valence electrons. The van der Waals surface area contributed by atoms with Crippen molar-refractivity contribution >= 4 is 39.2 Å². The molecule has 0 bridgehead atoms. The van der Waals surface area contributed by atoms with Crippen molar-refractivity contribution in [2.45, 2.75) is 26.1 Å². The molecule has 0 saturated carbocycles. The summed E-state index contributed by atoms with van der Waals surface area (Å²) in [6, 6.07) is 26.5. The van der Waals surface area contributed by atoms with Crippen molar-refractivity contribution in [1.82, 2.24) is 29.1 Å². The fraction of sp³-hybridized carbons (Fsp3) is 0.255. The summed E-state index contributed by atoms with van der Waals surface area (Å²) in [5.74, 6) is 0.502. The number of piperazine rings is 1. The van der Waals surface area contributed by atoms with Crippen molar-refractivity contribution in [2.75, 3.05) is 53.5 Å². The highest BCUT2D eigenvalue weighted by Crippen LogP contribution is 2.46. The molecule has 1 atom stereocenters. The summed E-state index contributed by atoms with van der Waals surface area (Å²) in [6.45, 7) is 7.15. The maximum absolute atomic E-state index is 15.6. The second kappa shape index (κ2) is 19.2. The molecule has 0 unspecified atom stereocenters. The van der Waals surface area contributed by atoms with E-state index in [2.05, 4.69) is 26.2 Å². The number of methoxy groups -OCH3 is 1. The fourth-order valence-corrected chi connectivity index (χ4v) is 8.34. The third kappa shape index (κ3) is 9.33. The van der Waals surface area contributed by atoms with Crippen LogP contribution in [0.2, 0.25) is 5.02 Å². The Bertz CT molecular complexity index is 2710. The lowest BCUT2D eigenvalue weighted by molar-refractivity contribution is -0.145. The number of carboxylic acid groups (broad SMARTS) is 1. The maximum atomic E-state index is 15.6. The molecule has 1 fully saturated rings. The van der Waals surface area contributed by atoms with E-state index in [0.717, 1.165) is 49.8 Å². The molecule has 0 amide bonds. The minimum absolute atomic E-state index is 0.0631. The van der Waals surface area contributed by atoms with Crippen LogP contribution in [0.4, 0.5) is 4.39 Å². The van der Waals surface area contributed by atoms with Crippen molar-refractivity contribution in [1.29, 1.82) is 0 Å². The normalized spacial score (nSPS) is 13.8. The van der Waals surface area contributed by atoms with Crippen LogP contribution in [0.1, 0.15) is 16.8 Å². The van der Waals surface area contributed by atoms with Gasteiger partial charge in [-0.2, -0.15) is 4.37 Å². The van der Waals surface area contributed by atoms with E-state index in [-0.39, 0.29) is 24.5 Å². The van der Waals surface area contributed by atoms with Crippen LogP contribution in [0.25, 0.3) is 43.9 Å². The number of para-hydroxylation sites is 2. The number of benzene rings is 4. The Morgan fingerprint density at radius 2 is 1.63 bits per heavy atom. The van der Waals surface area contributed by atoms with E-state index in [1.54, 1.807) is 68.0 Å². The molecule has 1 N–H and O–H groups in total. The smallest absolute Gasteiger partial charge is 0.345 e. The summed E-state index contributed by atoms with van der Waals surface area (Å²) in [5, 5.41) is 11.5. The number of carbonyl (C=O) groups is 1. The zero-order valence-corrected chi connectivity index (χ0v) is 36.0. The lowest BCUT2D eigenvalue weighted by atomic mass is 9.93. The van der Waals surface area contributed by atoms with Crippen LogP contribution >= 0.6 is 23.1 Å². The van der Waals surface area contributed by atoms with E-state index in [1.165, 1.54) is 6.07 Å². The van der Waals surface area contributed by atoms with Crippen molar-refractivity contribution in [3.05, 3.63) is 131 Å². The number of carboxylic acids is 1. The Kier molecular flexibility index (Phi) is 13.2. The van der Waals surface area contributed by atoms with Crippen molar-refractivity contribution in [3.8, 4) is 56.9 Å². The average Bonchev–Trinajstić information content (AvgIpc) is 3.70. The Morgan fingerprint density at radius 1 is 0.887 bits per heavy atom. The third-order valence-electron chi connectivity index (χ3n) is 10.8. The summed E-state index contributed by atoms with van der Waals surface area (Å²) >= 11 is 8.15. The van der Waals surface area contributed by atoms with Gasteiger partial charge in [-0.3, -0.25) is 9.88 Å². The molecule has 7 aromatic rings. The van der Waals surface area contributed by atoms with Gasteiger partial charge in [0.15, 0.2) is 5.82 Å². The van der Waals surface area contributed by atoms with Gasteiger partial charge >= 0.3 is 5.97 Å². The van der Waals surface area contributed by atoms with E-state index in [4.69, 9.17) is 40.5 Å². The molecule has 1 aliphatic rings. The monoisotopic (exact) mass is 874 g/mol. The van der Waals surface area contributed by atoms with Gasteiger partial charge in [0.1, 0.15) is 36.3 Å². The molecular formula is C47H44ClFN6O6S. The van der Waals surface area contributed by atoms with Crippen molar-refractivity contribution in [2.24, 2.45) is 0 Å². The van der Waals surface area contributed by atoms with E-state index in [0.29, 0.717) is 78.4 Å². The highest BCUT2D eigenvalue weighted by molar-refractivity contribution is 7.13. The quantitative estimate of drug-likeness (QED) is 0.0995. The Labute approximate surface area is 367 Å². The summed E-state index contributed by atoms with van der Waals surface area (Å²) in [4.78, 5) is 31.5. The molecule has 4 aromatic carbocycles. The number of ether oxygens (including phenoxy) is 4. The minimum Gasteiger partial charge on any atom is -0.496 e. The number of pyridine rings is 1. The molecule has 3 aromatic heterocycles. The maximum Gasteiger partial charge on any atom is 0.345 e. The van der Waals surface area contributed by atoms with Crippen LogP contribution in [0.15, 0.2) is 103 Å². The second-order valence-corrected chi connectivity index (χ2v) is 16.0.